The van der Waals surface area contributed by atoms with E-state index in [9.17, 15) is 4.79 Å². The summed E-state index contributed by atoms with van der Waals surface area (Å²) >= 11 is 8.33. The Labute approximate surface area is 116 Å². The fourth-order valence-electron chi connectivity index (χ4n) is 2.07. The number of hydrogen-bond acceptors (Lipinski definition) is 2. The molecular formula is C11H13Br2NOS. The topological polar surface area (TPSA) is 20.3 Å². The van der Waals surface area contributed by atoms with Gasteiger partial charge in [-0.2, -0.15) is 0 Å². The second kappa shape index (κ2) is 4.42. The molecule has 0 aliphatic carbocycles. The zero-order valence-corrected chi connectivity index (χ0v) is 13.2. The highest BCUT2D eigenvalue weighted by atomic mass is 79.9. The van der Waals surface area contributed by atoms with E-state index in [2.05, 4.69) is 45.7 Å². The van der Waals surface area contributed by atoms with Gasteiger partial charge >= 0.3 is 0 Å². The van der Waals surface area contributed by atoms with Crippen LogP contribution in [0, 0.1) is 0 Å². The molecule has 2 heterocycles. The Morgan fingerprint density at radius 1 is 1.50 bits per heavy atom. The van der Waals surface area contributed by atoms with Crippen LogP contribution in [0.25, 0.3) is 0 Å². The molecule has 16 heavy (non-hydrogen) atoms. The maximum Gasteiger partial charge on any atom is 0.264 e. The van der Waals surface area contributed by atoms with E-state index in [1.165, 1.54) is 11.3 Å². The summed E-state index contributed by atoms with van der Waals surface area (Å²) in [6, 6.07) is 1.89. The smallest absolute Gasteiger partial charge is 0.264 e. The molecule has 0 unspecified atom stereocenters. The predicted molar refractivity (Wildman–Crippen MR) is 74.1 cm³/mol. The standard InChI is InChI=1S/C11H13Br2NOS/c1-11(2)4-3-5-14(11)10(15)8-6-7(12)9(13)16-8/h6H,3-5H2,1-2H3. The minimum absolute atomic E-state index is 0.0000255. The molecule has 1 aromatic rings. The summed E-state index contributed by atoms with van der Waals surface area (Å²) in [6.45, 7) is 5.14. The summed E-state index contributed by atoms with van der Waals surface area (Å²) in [6.07, 6.45) is 2.19. The predicted octanol–water partition coefficient (Wildman–Crippen LogP) is 4.29. The largest absolute Gasteiger partial charge is 0.333 e. The van der Waals surface area contributed by atoms with Crippen LogP contribution in [0.4, 0.5) is 0 Å². The van der Waals surface area contributed by atoms with Gasteiger partial charge in [-0.15, -0.1) is 11.3 Å². The van der Waals surface area contributed by atoms with Crippen LogP contribution in [-0.2, 0) is 0 Å². The molecule has 0 radical (unpaired) electrons. The summed E-state index contributed by atoms with van der Waals surface area (Å²) in [5.41, 5.74) is 0.0000255. The first-order valence-electron chi connectivity index (χ1n) is 5.18. The number of halogens is 2. The molecule has 1 amide bonds. The van der Waals surface area contributed by atoms with Gasteiger partial charge < -0.3 is 4.90 Å². The van der Waals surface area contributed by atoms with Gasteiger partial charge in [0, 0.05) is 16.6 Å². The lowest BCUT2D eigenvalue weighted by atomic mass is 10.0. The molecule has 0 aromatic carbocycles. The lowest BCUT2D eigenvalue weighted by molar-refractivity contribution is 0.0657. The minimum atomic E-state index is 0.0000255. The van der Waals surface area contributed by atoms with Gasteiger partial charge in [0.1, 0.15) is 0 Å². The van der Waals surface area contributed by atoms with Gasteiger partial charge in [0.15, 0.2) is 0 Å². The molecule has 2 nitrogen and oxygen atoms in total. The van der Waals surface area contributed by atoms with Crippen LogP contribution in [0.2, 0.25) is 0 Å². The Bertz CT molecular complexity index is 408. The van der Waals surface area contributed by atoms with Gasteiger partial charge in [-0.3, -0.25) is 4.79 Å². The molecule has 1 aromatic heterocycles. The Morgan fingerprint density at radius 2 is 2.19 bits per heavy atom. The van der Waals surface area contributed by atoms with Crippen molar-refractivity contribution in [2.24, 2.45) is 0 Å². The van der Waals surface area contributed by atoms with E-state index in [4.69, 9.17) is 0 Å². The monoisotopic (exact) mass is 365 g/mol. The fraction of sp³-hybridized carbons (Fsp3) is 0.545. The van der Waals surface area contributed by atoms with E-state index < -0.39 is 0 Å². The van der Waals surface area contributed by atoms with Crippen molar-refractivity contribution in [3.8, 4) is 0 Å². The number of nitrogens with zero attached hydrogens (tertiary/aromatic N) is 1. The molecule has 0 saturated carbocycles. The molecular weight excluding hydrogens is 354 g/mol. The molecule has 0 spiro atoms. The van der Waals surface area contributed by atoms with Gasteiger partial charge in [-0.05, 0) is 64.6 Å². The summed E-state index contributed by atoms with van der Waals surface area (Å²) in [5.74, 6) is 0.152. The molecule has 1 aliphatic rings. The third kappa shape index (κ3) is 2.22. The van der Waals surface area contributed by atoms with Crippen molar-refractivity contribution >= 4 is 49.1 Å². The second-order valence-electron chi connectivity index (χ2n) is 4.61. The van der Waals surface area contributed by atoms with Gasteiger partial charge in [-0.25, -0.2) is 0 Å². The van der Waals surface area contributed by atoms with Crippen molar-refractivity contribution in [2.75, 3.05) is 6.54 Å². The summed E-state index contributed by atoms with van der Waals surface area (Å²) < 4.78 is 1.94. The summed E-state index contributed by atoms with van der Waals surface area (Å²) in [5, 5.41) is 0. The fourth-order valence-corrected chi connectivity index (χ4v) is 4.05. The van der Waals surface area contributed by atoms with Gasteiger partial charge in [0.05, 0.1) is 8.66 Å². The quantitative estimate of drug-likeness (QED) is 0.726. The van der Waals surface area contributed by atoms with Crippen molar-refractivity contribution < 1.29 is 4.79 Å². The van der Waals surface area contributed by atoms with Crippen LogP contribution in [-0.4, -0.2) is 22.9 Å². The average molecular weight is 367 g/mol. The van der Waals surface area contributed by atoms with Crippen molar-refractivity contribution in [1.82, 2.24) is 4.90 Å². The Balaban J connectivity index is 2.25. The Morgan fingerprint density at radius 3 is 2.62 bits per heavy atom. The highest BCUT2D eigenvalue weighted by molar-refractivity contribution is 9.13. The van der Waals surface area contributed by atoms with Crippen LogP contribution in [0.1, 0.15) is 36.4 Å². The molecule has 0 atom stereocenters. The lowest BCUT2D eigenvalue weighted by Crippen LogP contribution is -2.42. The van der Waals surface area contributed by atoms with E-state index in [1.807, 2.05) is 11.0 Å². The highest BCUT2D eigenvalue weighted by Crippen LogP contribution is 2.36. The number of amides is 1. The van der Waals surface area contributed by atoms with E-state index in [0.717, 1.165) is 32.5 Å². The first kappa shape index (κ1) is 12.6. The van der Waals surface area contributed by atoms with Crippen LogP contribution < -0.4 is 0 Å². The number of likely N-dealkylation sites (tertiary alicyclic amines) is 1. The van der Waals surface area contributed by atoms with E-state index in [1.54, 1.807) is 0 Å². The van der Waals surface area contributed by atoms with Crippen molar-refractivity contribution in [3.63, 3.8) is 0 Å². The molecule has 88 valence electrons. The zero-order chi connectivity index (χ0) is 11.9. The number of carbonyl (C=O) groups excluding carboxylic acids is 1. The van der Waals surface area contributed by atoms with E-state index >= 15 is 0 Å². The SMILES string of the molecule is CC1(C)CCCN1C(=O)c1cc(Br)c(Br)s1. The third-order valence-electron chi connectivity index (χ3n) is 3.00. The molecule has 2 rings (SSSR count). The maximum absolute atomic E-state index is 12.3. The van der Waals surface area contributed by atoms with E-state index in [-0.39, 0.29) is 11.4 Å². The zero-order valence-electron chi connectivity index (χ0n) is 9.22. The lowest BCUT2D eigenvalue weighted by Gasteiger charge is -2.31. The summed E-state index contributed by atoms with van der Waals surface area (Å²) in [4.78, 5) is 15.1. The Kier molecular flexibility index (Phi) is 3.48. The van der Waals surface area contributed by atoms with Gasteiger partial charge in [0.25, 0.3) is 5.91 Å². The number of rotatable bonds is 1. The number of hydrogen-bond donors (Lipinski definition) is 0. The van der Waals surface area contributed by atoms with Crippen LogP contribution >= 0.6 is 43.2 Å². The molecule has 0 bridgehead atoms. The molecule has 1 aliphatic heterocycles. The molecule has 0 N–H and O–H groups in total. The molecule has 1 fully saturated rings. The highest BCUT2D eigenvalue weighted by Gasteiger charge is 2.36. The third-order valence-corrected chi connectivity index (χ3v) is 6.25. The second-order valence-corrected chi connectivity index (χ2v) is 7.83. The van der Waals surface area contributed by atoms with Crippen LogP contribution in [0.5, 0.6) is 0 Å². The van der Waals surface area contributed by atoms with E-state index in [0.29, 0.717) is 0 Å². The minimum Gasteiger partial charge on any atom is -0.333 e. The molecule has 5 heteroatoms. The van der Waals surface area contributed by atoms with Crippen molar-refractivity contribution in [2.45, 2.75) is 32.2 Å². The van der Waals surface area contributed by atoms with Gasteiger partial charge in [0.2, 0.25) is 0 Å². The summed E-state index contributed by atoms with van der Waals surface area (Å²) in [7, 11) is 0. The Hall–Kier alpha value is 0.130. The molecule has 1 saturated heterocycles. The first-order chi connectivity index (χ1) is 7.42. The van der Waals surface area contributed by atoms with Crippen molar-refractivity contribution in [3.05, 3.63) is 19.2 Å². The number of thiophene rings is 1. The van der Waals surface area contributed by atoms with Crippen molar-refractivity contribution in [1.29, 1.82) is 0 Å². The van der Waals surface area contributed by atoms with Crippen LogP contribution in [0.15, 0.2) is 14.3 Å². The first-order valence-corrected chi connectivity index (χ1v) is 7.59. The van der Waals surface area contributed by atoms with Crippen LogP contribution in [0.3, 0.4) is 0 Å². The average Bonchev–Trinajstić information content (AvgIpc) is 2.70. The maximum atomic E-state index is 12.3. The van der Waals surface area contributed by atoms with Gasteiger partial charge in [-0.1, -0.05) is 0 Å². The normalized spacial score (nSPS) is 19.1. The number of carbonyl (C=O) groups is 1.